The van der Waals surface area contributed by atoms with Crippen LogP contribution in [0.25, 0.3) is 0 Å². The van der Waals surface area contributed by atoms with Crippen molar-refractivity contribution in [2.75, 3.05) is 19.7 Å². The van der Waals surface area contributed by atoms with Crippen molar-refractivity contribution in [3.05, 3.63) is 29.8 Å². The van der Waals surface area contributed by atoms with Crippen LogP contribution in [0, 0.1) is 0 Å². The van der Waals surface area contributed by atoms with Crippen molar-refractivity contribution < 1.29 is 54.3 Å². The molecular weight excluding hydrogens is 620 g/mol. The Morgan fingerprint density at radius 1 is 0.851 bits per heavy atom. The number of hydrogen-bond acceptors (Lipinski definition) is 11. The van der Waals surface area contributed by atoms with Crippen molar-refractivity contribution in [3.63, 3.8) is 0 Å². The van der Waals surface area contributed by atoms with Crippen LogP contribution in [0.15, 0.2) is 24.3 Å². The van der Waals surface area contributed by atoms with Crippen molar-refractivity contribution in [1.29, 1.82) is 0 Å². The van der Waals surface area contributed by atoms with Gasteiger partial charge in [-0.1, -0.05) is 12.1 Å². The minimum absolute atomic E-state index is 0.0468. The third-order valence-electron chi connectivity index (χ3n) is 8.13. The topological polar surface area (TPSA) is 267 Å². The summed E-state index contributed by atoms with van der Waals surface area (Å²) in [5.74, 6) is -5.49. The number of nitrogens with one attached hydrogen (secondary N) is 5. The van der Waals surface area contributed by atoms with Crippen molar-refractivity contribution in [1.82, 2.24) is 31.5 Å². The predicted octanol–water partition coefficient (Wildman–Crippen LogP) is -3.54. The van der Waals surface area contributed by atoms with Gasteiger partial charge in [0.1, 0.15) is 29.9 Å². The number of carboxylic acid groups (broad SMARTS) is 1. The Morgan fingerprint density at radius 2 is 1.47 bits per heavy atom. The molecule has 1 aromatic carbocycles. The maximum Gasteiger partial charge on any atom is 0.328 e. The van der Waals surface area contributed by atoms with Crippen LogP contribution in [0.1, 0.15) is 45.1 Å². The summed E-state index contributed by atoms with van der Waals surface area (Å²) in [5.41, 5.74) is 0.491. The number of carbonyl (C=O) groups is 6. The number of carbonyl (C=O) groups excluding carboxylic acids is 5. The molecular formula is C30H44N6O11. The van der Waals surface area contributed by atoms with E-state index in [1.54, 1.807) is 0 Å². The van der Waals surface area contributed by atoms with Gasteiger partial charge in [-0.15, -0.1) is 0 Å². The molecule has 17 heteroatoms. The van der Waals surface area contributed by atoms with E-state index in [1.165, 1.54) is 38.1 Å². The Hall–Kier alpha value is -4.32. The van der Waals surface area contributed by atoms with Gasteiger partial charge in [0.05, 0.1) is 24.9 Å². The molecule has 260 valence electrons. The molecule has 0 unspecified atom stereocenters. The number of carboxylic acids is 1. The highest BCUT2D eigenvalue weighted by Gasteiger charge is 2.40. The Bertz CT molecular complexity index is 1290. The summed E-state index contributed by atoms with van der Waals surface area (Å²) < 4.78 is 0. The predicted molar refractivity (Wildman–Crippen MR) is 163 cm³/mol. The Balaban J connectivity index is 1.77. The summed E-state index contributed by atoms with van der Waals surface area (Å²) in [6.07, 6.45) is -1.09. The highest BCUT2D eigenvalue weighted by molar-refractivity contribution is 5.97. The van der Waals surface area contributed by atoms with E-state index in [9.17, 15) is 54.3 Å². The van der Waals surface area contributed by atoms with Crippen LogP contribution >= 0.6 is 0 Å². The summed E-state index contributed by atoms with van der Waals surface area (Å²) in [4.78, 5) is 78.5. The maximum absolute atomic E-state index is 13.6. The number of hydrogen-bond donors (Lipinski definition) is 10. The Labute approximate surface area is 271 Å². The minimum Gasteiger partial charge on any atom is -0.508 e. The molecule has 5 amide bonds. The fraction of sp³-hybridized carbons (Fsp3) is 0.600. The molecule has 0 aromatic heterocycles. The second-order valence-corrected chi connectivity index (χ2v) is 11.8. The van der Waals surface area contributed by atoms with Crippen LogP contribution in [-0.4, -0.2) is 134 Å². The summed E-state index contributed by atoms with van der Waals surface area (Å²) in [6.45, 7) is 2.28. The van der Waals surface area contributed by atoms with Gasteiger partial charge in [-0.3, -0.25) is 24.0 Å². The maximum atomic E-state index is 13.6. The normalized spacial score (nSPS) is 21.4. The first kappa shape index (κ1) is 37.1. The van der Waals surface area contributed by atoms with Crippen LogP contribution < -0.4 is 26.6 Å². The van der Waals surface area contributed by atoms with Gasteiger partial charge in [0.2, 0.25) is 29.5 Å². The molecule has 0 spiro atoms. The molecule has 0 radical (unpaired) electrons. The number of rotatable bonds is 15. The number of likely N-dealkylation sites (tertiary alicyclic amines) is 1. The molecule has 0 bridgehead atoms. The lowest BCUT2D eigenvalue weighted by molar-refractivity contribution is -0.147. The van der Waals surface area contributed by atoms with E-state index in [2.05, 4.69) is 26.6 Å². The fourth-order valence-electron chi connectivity index (χ4n) is 5.51. The number of aliphatic carboxylic acids is 1. The van der Waals surface area contributed by atoms with Crippen LogP contribution in [0.5, 0.6) is 5.75 Å². The third kappa shape index (κ3) is 10.1. The summed E-state index contributed by atoms with van der Waals surface area (Å²) in [5, 5.41) is 61.7. The number of phenols is 1. The highest BCUT2D eigenvalue weighted by Crippen LogP contribution is 2.19. The zero-order chi connectivity index (χ0) is 34.8. The highest BCUT2D eigenvalue weighted by atomic mass is 16.4. The Morgan fingerprint density at radius 3 is 2.02 bits per heavy atom. The number of aliphatic hydroxyl groups is 3. The van der Waals surface area contributed by atoms with E-state index >= 15 is 0 Å². The zero-order valence-corrected chi connectivity index (χ0v) is 26.2. The van der Waals surface area contributed by atoms with Gasteiger partial charge in [0.15, 0.2) is 6.04 Å². The summed E-state index contributed by atoms with van der Waals surface area (Å²) in [6, 6.07) is -1.96. The number of aliphatic hydroxyl groups excluding tert-OH is 3. The molecule has 3 rings (SSSR count). The largest absolute Gasteiger partial charge is 0.508 e. The molecule has 2 heterocycles. The molecule has 10 N–H and O–H groups in total. The van der Waals surface area contributed by atoms with Crippen LogP contribution in [-0.2, 0) is 35.2 Å². The van der Waals surface area contributed by atoms with Gasteiger partial charge in [0, 0.05) is 13.0 Å². The van der Waals surface area contributed by atoms with E-state index < -0.39 is 90.6 Å². The molecule has 47 heavy (non-hydrogen) atoms. The molecule has 0 aliphatic carbocycles. The summed E-state index contributed by atoms with van der Waals surface area (Å²) >= 11 is 0. The van der Waals surface area contributed by atoms with E-state index in [1.807, 2.05) is 0 Å². The SMILES string of the molecule is C[C@@H](O)[C@H](NC(=O)[C@@H]1CCCN1C(=O)[C@H](CO)NC(=O)[C@H](Cc1ccc(O)cc1)NC(=O)[C@@H](NC(=O)[C@@H]1CCCN1)[C@@H](C)O)C(=O)O. The van der Waals surface area contributed by atoms with Gasteiger partial charge in [-0.25, -0.2) is 4.79 Å². The smallest absolute Gasteiger partial charge is 0.328 e. The van der Waals surface area contributed by atoms with Gasteiger partial charge in [-0.05, 0) is 63.8 Å². The van der Waals surface area contributed by atoms with E-state index in [0.717, 1.165) is 11.3 Å². The number of nitrogens with zero attached hydrogens (tertiary/aromatic N) is 1. The average molecular weight is 665 g/mol. The second-order valence-electron chi connectivity index (χ2n) is 11.8. The Kier molecular flexibility index (Phi) is 13.4. The van der Waals surface area contributed by atoms with Crippen molar-refractivity contribution in [2.24, 2.45) is 0 Å². The van der Waals surface area contributed by atoms with Crippen LogP contribution in [0.3, 0.4) is 0 Å². The molecule has 2 saturated heterocycles. The molecule has 0 saturated carbocycles. The zero-order valence-electron chi connectivity index (χ0n) is 26.2. The van der Waals surface area contributed by atoms with Gasteiger partial charge in [-0.2, -0.15) is 0 Å². The van der Waals surface area contributed by atoms with Crippen LogP contribution in [0.4, 0.5) is 0 Å². The number of amides is 5. The second kappa shape index (κ2) is 17.0. The number of benzene rings is 1. The third-order valence-corrected chi connectivity index (χ3v) is 8.13. The average Bonchev–Trinajstić information content (AvgIpc) is 3.74. The lowest BCUT2D eigenvalue weighted by Crippen LogP contribution is -2.61. The van der Waals surface area contributed by atoms with E-state index in [-0.39, 0.29) is 25.1 Å². The molecule has 2 fully saturated rings. The first-order valence-electron chi connectivity index (χ1n) is 15.5. The quantitative estimate of drug-likeness (QED) is 0.0874. The van der Waals surface area contributed by atoms with Gasteiger partial charge < -0.3 is 57.0 Å². The lowest BCUT2D eigenvalue weighted by atomic mass is 10.0. The van der Waals surface area contributed by atoms with E-state index in [4.69, 9.17) is 0 Å². The van der Waals surface area contributed by atoms with Gasteiger partial charge in [0.25, 0.3) is 0 Å². The first-order valence-corrected chi connectivity index (χ1v) is 15.5. The van der Waals surface area contributed by atoms with E-state index in [0.29, 0.717) is 24.9 Å². The standard InChI is InChI=1S/C30H44N6O11/c1-15(38)23(34-25(41)19-5-3-11-31-19)28(44)32-20(13-17-7-9-18(40)10-8-17)26(42)33-21(14-37)29(45)36-12-4-6-22(36)27(43)35-24(16(2)39)30(46)47/h7-10,15-16,19-24,31,37-40H,3-6,11-14H2,1-2H3,(H,32,44)(H,33,42)(H,34,41)(H,35,43)(H,46,47)/t15-,16-,19+,20+,21+,22+,23+,24+/m1/s1. The van der Waals surface area contributed by atoms with Crippen molar-refractivity contribution in [3.8, 4) is 5.75 Å². The molecule has 17 nitrogen and oxygen atoms in total. The van der Waals surface area contributed by atoms with Crippen molar-refractivity contribution >= 4 is 35.5 Å². The molecule has 8 atom stereocenters. The number of phenolic OH excluding ortho intramolecular Hbond substituents is 1. The fourth-order valence-corrected chi connectivity index (χ4v) is 5.51. The molecule has 2 aliphatic rings. The van der Waals surface area contributed by atoms with Crippen LogP contribution in [0.2, 0.25) is 0 Å². The molecule has 2 aliphatic heterocycles. The summed E-state index contributed by atoms with van der Waals surface area (Å²) in [7, 11) is 0. The number of aromatic hydroxyl groups is 1. The monoisotopic (exact) mass is 664 g/mol. The first-order chi connectivity index (χ1) is 22.2. The molecule has 1 aromatic rings. The van der Waals surface area contributed by atoms with Gasteiger partial charge >= 0.3 is 5.97 Å². The minimum atomic E-state index is -1.62. The lowest BCUT2D eigenvalue weighted by Gasteiger charge is -2.30. The van der Waals surface area contributed by atoms with Crippen molar-refractivity contribution in [2.45, 2.75) is 94.4 Å².